The molecule has 1 heterocycles. The van der Waals surface area contributed by atoms with Crippen LogP contribution < -0.4 is 18.9 Å². The molecule has 0 saturated heterocycles. The van der Waals surface area contributed by atoms with Crippen LogP contribution in [0.15, 0.2) is 24.3 Å². The second-order valence-electron chi connectivity index (χ2n) is 6.27. The zero-order chi connectivity index (χ0) is 18.7. The van der Waals surface area contributed by atoms with Gasteiger partial charge in [-0.05, 0) is 35.7 Å². The fourth-order valence-electron chi connectivity index (χ4n) is 3.39. The molecule has 0 unspecified atom stereocenters. The largest absolute Gasteiger partial charge is 0.504 e. The summed E-state index contributed by atoms with van der Waals surface area (Å²) < 4.78 is 21.5. The van der Waals surface area contributed by atoms with E-state index < -0.39 is 0 Å². The molecule has 0 fully saturated rings. The van der Waals surface area contributed by atoms with Crippen molar-refractivity contribution in [1.29, 1.82) is 0 Å². The zero-order valence-electron chi connectivity index (χ0n) is 15.7. The van der Waals surface area contributed by atoms with Crippen molar-refractivity contribution >= 4 is 0 Å². The molecular weight excluding hydrogens is 334 g/mol. The van der Waals surface area contributed by atoms with Crippen molar-refractivity contribution in [2.75, 3.05) is 35.0 Å². The van der Waals surface area contributed by atoms with Gasteiger partial charge in [0.15, 0.2) is 23.0 Å². The number of phenols is 1. The molecule has 1 aliphatic rings. The van der Waals surface area contributed by atoms with Crippen LogP contribution in [0.5, 0.6) is 28.7 Å². The lowest BCUT2D eigenvalue weighted by Gasteiger charge is -2.30. The monoisotopic (exact) mass is 359 g/mol. The lowest BCUT2D eigenvalue weighted by atomic mass is 9.98. The minimum absolute atomic E-state index is 0.196. The maximum atomic E-state index is 9.96. The number of ether oxygens (including phenoxy) is 4. The van der Waals surface area contributed by atoms with E-state index in [2.05, 4.69) is 4.90 Å². The number of phenolic OH excluding ortho intramolecular Hbond substituents is 1. The molecule has 26 heavy (non-hydrogen) atoms. The Morgan fingerprint density at radius 3 is 2.12 bits per heavy atom. The fraction of sp³-hybridized carbons (Fsp3) is 0.400. The molecule has 1 aliphatic heterocycles. The van der Waals surface area contributed by atoms with E-state index in [1.165, 1.54) is 11.1 Å². The first-order valence-electron chi connectivity index (χ1n) is 8.49. The lowest BCUT2D eigenvalue weighted by molar-refractivity contribution is 0.239. The van der Waals surface area contributed by atoms with Gasteiger partial charge in [0.2, 0.25) is 0 Å². The van der Waals surface area contributed by atoms with Gasteiger partial charge in [-0.2, -0.15) is 0 Å². The molecule has 6 nitrogen and oxygen atoms in total. The molecule has 3 rings (SSSR count). The summed E-state index contributed by atoms with van der Waals surface area (Å²) in [6.45, 7) is 2.41. The van der Waals surface area contributed by atoms with Crippen molar-refractivity contribution in [3.05, 3.63) is 41.0 Å². The summed E-state index contributed by atoms with van der Waals surface area (Å²) in [5.41, 5.74) is 3.38. The van der Waals surface area contributed by atoms with Gasteiger partial charge in [-0.15, -0.1) is 0 Å². The van der Waals surface area contributed by atoms with Crippen LogP contribution >= 0.6 is 0 Å². The standard InChI is InChI=1S/C20H25NO5/c1-23-17-10-20(26-4)19(25-3)9-15(17)12-21-6-5-13-7-16(22)18(24-2)8-14(13)11-21/h7-10,22H,5-6,11-12H2,1-4H3. The molecule has 0 aromatic heterocycles. The average molecular weight is 359 g/mol. The van der Waals surface area contributed by atoms with Crippen LogP contribution in [0.25, 0.3) is 0 Å². The van der Waals surface area contributed by atoms with E-state index in [0.29, 0.717) is 17.2 Å². The van der Waals surface area contributed by atoms with Crippen molar-refractivity contribution in [3.8, 4) is 28.7 Å². The molecule has 2 aromatic carbocycles. The van der Waals surface area contributed by atoms with Crippen LogP contribution in [0.1, 0.15) is 16.7 Å². The normalized spacial score (nSPS) is 13.8. The van der Waals surface area contributed by atoms with Crippen LogP contribution in [0.4, 0.5) is 0 Å². The highest BCUT2D eigenvalue weighted by atomic mass is 16.5. The Balaban J connectivity index is 1.84. The Kier molecular flexibility index (Phi) is 5.42. The molecule has 0 radical (unpaired) electrons. The summed E-state index contributed by atoms with van der Waals surface area (Å²) >= 11 is 0. The van der Waals surface area contributed by atoms with E-state index in [4.69, 9.17) is 18.9 Å². The topological polar surface area (TPSA) is 60.4 Å². The number of hydrogen-bond acceptors (Lipinski definition) is 6. The summed E-state index contributed by atoms with van der Waals surface area (Å²) in [5.74, 6) is 2.82. The van der Waals surface area contributed by atoms with Crippen LogP contribution in [-0.4, -0.2) is 45.0 Å². The Labute approximate surface area is 153 Å². The summed E-state index contributed by atoms with van der Waals surface area (Å²) in [5, 5.41) is 9.96. The van der Waals surface area contributed by atoms with Gasteiger partial charge >= 0.3 is 0 Å². The number of nitrogens with zero attached hydrogens (tertiary/aromatic N) is 1. The van der Waals surface area contributed by atoms with Gasteiger partial charge in [0, 0.05) is 31.3 Å². The van der Waals surface area contributed by atoms with Gasteiger partial charge in [-0.25, -0.2) is 0 Å². The van der Waals surface area contributed by atoms with Crippen molar-refractivity contribution in [3.63, 3.8) is 0 Å². The number of methoxy groups -OCH3 is 4. The predicted molar refractivity (Wildman–Crippen MR) is 98.6 cm³/mol. The average Bonchev–Trinajstić information content (AvgIpc) is 2.67. The summed E-state index contributed by atoms with van der Waals surface area (Å²) in [4.78, 5) is 2.34. The highest BCUT2D eigenvalue weighted by Gasteiger charge is 2.21. The maximum Gasteiger partial charge on any atom is 0.164 e. The third kappa shape index (κ3) is 3.51. The van der Waals surface area contributed by atoms with Crippen molar-refractivity contribution in [1.82, 2.24) is 4.90 Å². The van der Waals surface area contributed by atoms with Crippen molar-refractivity contribution in [2.45, 2.75) is 19.5 Å². The van der Waals surface area contributed by atoms with E-state index in [0.717, 1.165) is 37.4 Å². The molecule has 6 heteroatoms. The molecule has 0 saturated carbocycles. The molecule has 1 N–H and O–H groups in total. The van der Waals surface area contributed by atoms with Crippen molar-refractivity contribution in [2.24, 2.45) is 0 Å². The number of benzene rings is 2. The van der Waals surface area contributed by atoms with Gasteiger partial charge in [0.1, 0.15) is 5.75 Å². The molecule has 0 atom stereocenters. The van der Waals surface area contributed by atoms with E-state index in [1.54, 1.807) is 28.4 Å². The van der Waals surface area contributed by atoms with Crippen molar-refractivity contribution < 1.29 is 24.1 Å². The van der Waals surface area contributed by atoms with E-state index in [9.17, 15) is 5.11 Å². The Morgan fingerprint density at radius 2 is 1.46 bits per heavy atom. The molecule has 2 aromatic rings. The summed E-state index contributed by atoms with van der Waals surface area (Å²) in [6.07, 6.45) is 0.877. The Morgan fingerprint density at radius 1 is 0.808 bits per heavy atom. The number of rotatable bonds is 6. The first-order chi connectivity index (χ1) is 12.6. The molecule has 140 valence electrons. The molecule has 0 aliphatic carbocycles. The third-order valence-corrected chi connectivity index (χ3v) is 4.77. The second-order valence-corrected chi connectivity index (χ2v) is 6.27. The highest BCUT2D eigenvalue weighted by Crippen LogP contribution is 2.37. The number of fused-ring (bicyclic) bond motifs is 1. The molecule has 0 spiro atoms. The molecule has 0 amide bonds. The van der Waals surface area contributed by atoms with Gasteiger partial charge in [0.25, 0.3) is 0 Å². The van der Waals surface area contributed by atoms with E-state index >= 15 is 0 Å². The second kappa shape index (κ2) is 7.74. The Bertz CT molecular complexity index is 790. The minimum atomic E-state index is 0.196. The van der Waals surface area contributed by atoms with Crippen LogP contribution in [0, 0.1) is 0 Å². The Hall–Kier alpha value is -2.60. The molecule has 0 bridgehead atoms. The molecular formula is C20H25NO5. The van der Waals surface area contributed by atoms with Crippen LogP contribution in [0.2, 0.25) is 0 Å². The fourth-order valence-corrected chi connectivity index (χ4v) is 3.39. The van der Waals surface area contributed by atoms with Gasteiger partial charge in [-0.1, -0.05) is 0 Å². The number of aromatic hydroxyl groups is 1. The predicted octanol–water partition coefficient (Wildman–Crippen LogP) is 2.98. The quantitative estimate of drug-likeness (QED) is 0.856. The van der Waals surface area contributed by atoms with Crippen LogP contribution in [0.3, 0.4) is 0 Å². The first-order valence-corrected chi connectivity index (χ1v) is 8.49. The summed E-state index contributed by atoms with van der Waals surface area (Å²) in [6, 6.07) is 7.54. The SMILES string of the molecule is COc1cc2c(cc1O)CCN(Cc1cc(OC)c(OC)cc1OC)C2. The lowest BCUT2D eigenvalue weighted by Crippen LogP contribution is -2.30. The van der Waals surface area contributed by atoms with E-state index in [-0.39, 0.29) is 5.75 Å². The van der Waals surface area contributed by atoms with Crippen LogP contribution in [-0.2, 0) is 19.5 Å². The summed E-state index contributed by atoms with van der Waals surface area (Å²) in [7, 11) is 6.46. The smallest absolute Gasteiger partial charge is 0.164 e. The van der Waals surface area contributed by atoms with Gasteiger partial charge < -0.3 is 24.1 Å². The minimum Gasteiger partial charge on any atom is -0.504 e. The number of hydrogen-bond donors (Lipinski definition) is 1. The highest BCUT2D eigenvalue weighted by molar-refractivity contribution is 5.51. The van der Waals surface area contributed by atoms with Gasteiger partial charge in [-0.3, -0.25) is 4.90 Å². The van der Waals surface area contributed by atoms with E-state index in [1.807, 2.05) is 24.3 Å². The maximum absolute atomic E-state index is 9.96. The van der Waals surface area contributed by atoms with Gasteiger partial charge in [0.05, 0.1) is 28.4 Å². The zero-order valence-corrected chi connectivity index (χ0v) is 15.7. The first kappa shape index (κ1) is 18.2. The third-order valence-electron chi connectivity index (χ3n) is 4.77.